The van der Waals surface area contributed by atoms with E-state index < -0.39 is 0 Å². The minimum atomic E-state index is -0.0386. The van der Waals surface area contributed by atoms with Crippen LogP contribution in [-0.2, 0) is 6.54 Å². The Morgan fingerprint density at radius 3 is 2.74 bits per heavy atom. The SMILES string of the molecule is Cc1ccc(C(=O)NCCNCc2cnc[nH]2)cc1. The van der Waals surface area contributed by atoms with Crippen molar-refractivity contribution in [3.05, 3.63) is 53.6 Å². The second-order valence-electron chi connectivity index (χ2n) is 4.38. The number of nitrogens with one attached hydrogen (secondary N) is 3. The van der Waals surface area contributed by atoms with Gasteiger partial charge in [-0.25, -0.2) is 4.98 Å². The molecule has 1 aromatic heterocycles. The summed E-state index contributed by atoms with van der Waals surface area (Å²) in [6, 6.07) is 7.54. The summed E-state index contributed by atoms with van der Waals surface area (Å²) < 4.78 is 0. The molecular formula is C14H18N4O. The molecule has 0 saturated heterocycles. The Hall–Kier alpha value is -2.14. The number of aromatic amines is 1. The fourth-order valence-corrected chi connectivity index (χ4v) is 1.68. The Kier molecular flexibility index (Phi) is 4.69. The lowest BCUT2D eigenvalue weighted by Crippen LogP contribution is -2.31. The number of nitrogens with zero attached hydrogens (tertiary/aromatic N) is 1. The van der Waals surface area contributed by atoms with Crippen LogP contribution < -0.4 is 10.6 Å². The Labute approximate surface area is 112 Å². The zero-order valence-corrected chi connectivity index (χ0v) is 10.9. The molecule has 0 bridgehead atoms. The Morgan fingerprint density at radius 2 is 2.05 bits per heavy atom. The molecule has 1 heterocycles. The van der Waals surface area contributed by atoms with Crippen LogP contribution in [-0.4, -0.2) is 29.0 Å². The predicted molar refractivity (Wildman–Crippen MR) is 73.8 cm³/mol. The van der Waals surface area contributed by atoms with Crippen LogP contribution in [0.3, 0.4) is 0 Å². The van der Waals surface area contributed by atoms with Crippen LogP contribution in [0.25, 0.3) is 0 Å². The molecule has 0 radical (unpaired) electrons. The molecule has 1 aromatic carbocycles. The Bertz CT molecular complexity index is 505. The van der Waals surface area contributed by atoms with Crippen molar-refractivity contribution in [2.45, 2.75) is 13.5 Å². The van der Waals surface area contributed by atoms with Crippen molar-refractivity contribution in [3.63, 3.8) is 0 Å². The standard InChI is InChI=1S/C14H18N4O/c1-11-2-4-12(5-3-11)14(19)17-7-6-15-8-13-9-16-10-18-13/h2-5,9-10,15H,6-8H2,1H3,(H,16,18)(H,17,19). The van der Waals surface area contributed by atoms with Gasteiger partial charge in [0.2, 0.25) is 0 Å². The molecule has 2 rings (SSSR count). The largest absolute Gasteiger partial charge is 0.351 e. The number of amides is 1. The number of benzene rings is 1. The van der Waals surface area contributed by atoms with Gasteiger partial charge >= 0.3 is 0 Å². The third-order valence-electron chi connectivity index (χ3n) is 2.77. The number of imidazole rings is 1. The van der Waals surface area contributed by atoms with Gasteiger partial charge in [-0.1, -0.05) is 17.7 Å². The zero-order valence-electron chi connectivity index (χ0n) is 10.9. The quantitative estimate of drug-likeness (QED) is 0.683. The molecule has 2 aromatic rings. The van der Waals surface area contributed by atoms with E-state index in [1.807, 2.05) is 31.2 Å². The van der Waals surface area contributed by atoms with Crippen molar-refractivity contribution in [2.75, 3.05) is 13.1 Å². The number of aryl methyl sites for hydroxylation is 1. The van der Waals surface area contributed by atoms with Crippen molar-refractivity contribution >= 4 is 5.91 Å². The number of aromatic nitrogens is 2. The second kappa shape index (κ2) is 6.70. The van der Waals surface area contributed by atoms with Crippen molar-refractivity contribution in [2.24, 2.45) is 0 Å². The van der Waals surface area contributed by atoms with Crippen LogP contribution in [0.2, 0.25) is 0 Å². The van der Waals surface area contributed by atoms with E-state index in [-0.39, 0.29) is 5.91 Å². The first-order chi connectivity index (χ1) is 9.25. The maximum Gasteiger partial charge on any atom is 0.251 e. The number of rotatable bonds is 6. The molecule has 1 amide bonds. The summed E-state index contributed by atoms with van der Waals surface area (Å²) in [6.07, 6.45) is 3.42. The van der Waals surface area contributed by atoms with Gasteiger partial charge in [-0.2, -0.15) is 0 Å². The summed E-state index contributed by atoms with van der Waals surface area (Å²) in [4.78, 5) is 18.7. The predicted octanol–water partition coefficient (Wildman–Crippen LogP) is 1.24. The summed E-state index contributed by atoms with van der Waals surface area (Å²) in [5.41, 5.74) is 2.88. The van der Waals surface area contributed by atoms with Crippen LogP contribution in [0, 0.1) is 6.92 Å². The smallest absolute Gasteiger partial charge is 0.251 e. The summed E-state index contributed by atoms with van der Waals surface area (Å²) in [5, 5.41) is 6.09. The molecule has 0 unspecified atom stereocenters. The lowest BCUT2D eigenvalue weighted by molar-refractivity contribution is 0.0954. The topological polar surface area (TPSA) is 69.8 Å². The summed E-state index contributed by atoms with van der Waals surface area (Å²) in [5.74, 6) is -0.0386. The van der Waals surface area contributed by atoms with Crippen molar-refractivity contribution in [1.29, 1.82) is 0 Å². The highest BCUT2D eigenvalue weighted by Crippen LogP contribution is 2.02. The van der Waals surface area contributed by atoms with Gasteiger partial charge in [0.05, 0.1) is 6.33 Å². The van der Waals surface area contributed by atoms with Gasteiger partial charge in [-0.05, 0) is 19.1 Å². The van der Waals surface area contributed by atoms with E-state index >= 15 is 0 Å². The van der Waals surface area contributed by atoms with Crippen LogP contribution in [0.15, 0.2) is 36.8 Å². The number of H-pyrrole nitrogens is 1. The van der Waals surface area contributed by atoms with E-state index in [0.29, 0.717) is 12.1 Å². The Balaban J connectivity index is 1.65. The van der Waals surface area contributed by atoms with Gasteiger partial charge in [0, 0.05) is 37.1 Å². The average molecular weight is 258 g/mol. The molecule has 100 valence electrons. The highest BCUT2D eigenvalue weighted by Gasteiger charge is 2.03. The van der Waals surface area contributed by atoms with Crippen molar-refractivity contribution in [3.8, 4) is 0 Å². The molecule has 5 heteroatoms. The molecule has 0 aliphatic rings. The van der Waals surface area contributed by atoms with Crippen LogP contribution >= 0.6 is 0 Å². The summed E-state index contributed by atoms with van der Waals surface area (Å²) in [7, 11) is 0. The third-order valence-corrected chi connectivity index (χ3v) is 2.77. The van der Waals surface area contributed by atoms with E-state index in [0.717, 1.165) is 24.3 Å². The first-order valence-electron chi connectivity index (χ1n) is 6.28. The van der Waals surface area contributed by atoms with E-state index in [2.05, 4.69) is 20.6 Å². The van der Waals surface area contributed by atoms with E-state index in [4.69, 9.17) is 0 Å². The lowest BCUT2D eigenvalue weighted by Gasteiger charge is -2.06. The molecule has 0 atom stereocenters. The van der Waals surface area contributed by atoms with E-state index in [1.54, 1.807) is 12.5 Å². The number of hydrogen-bond donors (Lipinski definition) is 3. The maximum atomic E-state index is 11.8. The first-order valence-corrected chi connectivity index (χ1v) is 6.28. The Morgan fingerprint density at radius 1 is 1.26 bits per heavy atom. The second-order valence-corrected chi connectivity index (χ2v) is 4.38. The highest BCUT2D eigenvalue weighted by molar-refractivity contribution is 5.94. The molecule has 0 spiro atoms. The number of carbonyl (C=O) groups is 1. The van der Waals surface area contributed by atoms with Gasteiger partial charge in [0.15, 0.2) is 0 Å². The first kappa shape index (κ1) is 13.3. The van der Waals surface area contributed by atoms with E-state index in [1.165, 1.54) is 0 Å². The number of carbonyl (C=O) groups excluding carboxylic acids is 1. The molecule has 0 fully saturated rings. The average Bonchev–Trinajstić information content (AvgIpc) is 2.92. The highest BCUT2D eigenvalue weighted by atomic mass is 16.1. The van der Waals surface area contributed by atoms with Crippen LogP contribution in [0.5, 0.6) is 0 Å². The van der Waals surface area contributed by atoms with Crippen LogP contribution in [0.1, 0.15) is 21.6 Å². The summed E-state index contributed by atoms with van der Waals surface area (Å²) in [6.45, 7) is 4.04. The minimum Gasteiger partial charge on any atom is -0.351 e. The lowest BCUT2D eigenvalue weighted by atomic mass is 10.1. The minimum absolute atomic E-state index is 0.0386. The van der Waals surface area contributed by atoms with Gasteiger partial charge in [0.1, 0.15) is 0 Å². The molecule has 0 aliphatic heterocycles. The van der Waals surface area contributed by atoms with Gasteiger partial charge < -0.3 is 15.6 Å². The maximum absolute atomic E-state index is 11.8. The van der Waals surface area contributed by atoms with Gasteiger partial charge in [0.25, 0.3) is 5.91 Å². The third kappa shape index (κ3) is 4.22. The fourth-order valence-electron chi connectivity index (χ4n) is 1.68. The molecule has 5 nitrogen and oxygen atoms in total. The molecular weight excluding hydrogens is 240 g/mol. The van der Waals surface area contributed by atoms with Crippen LogP contribution in [0.4, 0.5) is 0 Å². The molecule has 0 saturated carbocycles. The molecule has 0 aliphatic carbocycles. The number of hydrogen-bond acceptors (Lipinski definition) is 3. The molecule has 3 N–H and O–H groups in total. The molecule has 19 heavy (non-hydrogen) atoms. The van der Waals surface area contributed by atoms with Gasteiger partial charge in [-0.3, -0.25) is 4.79 Å². The summed E-state index contributed by atoms with van der Waals surface area (Å²) >= 11 is 0. The van der Waals surface area contributed by atoms with E-state index in [9.17, 15) is 4.79 Å². The normalized spacial score (nSPS) is 10.4. The fraction of sp³-hybridized carbons (Fsp3) is 0.286. The zero-order chi connectivity index (χ0) is 13.5. The van der Waals surface area contributed by atoms with Crippen molar-refractivity contribution < 1.29 is 4.79 Å². The van der Waals surface area contributed by atoms with Crippen molar-refractivity contribution in [1.82, 2.24) is 20.6 Å². The van der Waals surface area contributed by atoms with Gasteiger partial charge in [-0.15, -0.1) is 0 Å². The monoisotopic (exact) mass is 258 g/mol.